The first-order valence-corrected chi connectivity index (χ1v) is 8.63. The van der Waals surface area contributed by atoms with E-state index in [0.29, 0.717) is 11.5 Å². The number of amides is 2. The lowest BCUT2D eigenvalue weighted by Gasteiger charge is -2.12. The number of hydrogen-bond donors (Lipinski definition) is 2. The summed E-state index contributed by atoms with van der Waals surface area (Å²) in [6, 6.07) is 15.0. The molecule has 6 nitrogen and oxygen atoms in total. The van der Waals surface area contributed by atoms with Crippen molar-refractivity contribution in [2.45, 2.75) is 26.7 Å². The molecule has 0 heterocycles. The number of benzene rings is 2. The lowest BCUT2D eigenvalue weighted by atomic mass is 10.1. The third-order valence-corrected chi connectivity index (χ3v) is 3.77. The molecule has 0 atom stereocenters. The number of ether oxygens (including phenoxy) is 2. The minimum absolute atomic E-state index is 0.184. The van der Waals surface area contributed by atoms with Crippen LogP contribution in [0, 0.1) is 0 Å². The molecule has 0 saturated heterocycles. The summed E-state index contributed by atoms with van der Waals surface area (Å²) >= 11 is 0. The van der Waals surface area contributed by atoms with Gasteiger partial charge >= 0.3 is 0 Å². The Balaban J connectivity index is 1.72. The fourth-order valence-electron chi connectivity index (χ4n) is 2.37. The van der Waals surface area contributed by atoms with Crippen LogP contribution in [0.25, 0.3) is 0 Å². The van der Waals surface area contributed by atoms with Crippen LogP contribution < -0.4 is 20.3 Å². The Morgan fingerprint density at radius 2 is 1.12 bits per heavy atom. The third-order valence-electron chi connectivity index (χ3n) is 3.77. The van der Waals surface area contributed by atoms with Gasteiger partial charge in [-0.1, -0.05) is 50.2 Å². The number of nitrogens with one attached hydrogen (secondary N) is 2. The Labute approximate surface area is 153 Å². The summed E-state index contributed by atoms with van der Waals surface area (Å²) in [6.45, 7) is 3.66. The second kappa shape index (κ2) is 10.1. The topological polar surface area (TPSA) is 76.7 Å². The Hall–Kier alpha value is -3.02. The molecular weight excluding hydrogens is 332 g/mol. The molecule has 2 aromatic carbocycles. The number of hydrazine groups is 1. The van der Waals surface area contributed by atoms with E-state index in [0.717, 1.165) is 24.0 Å². The lowest BCUT2D eigenvalue weighted by Crippen LogP contribution is -2.45. The summed E-state index contributed by atoms with van der Waals surface area (Å²) < 4.78 is 11.0. The highest BCUT2D eigenvalue weighted by Crippen LogP contribution is 2.18. The van der Waals surface area contributed by atoms with Crippen LogP contribution in [0.15, 0.2) is 48.5 Å². The van der Waals surface area contributed by atoms with E-state index in [4.69, 9.17) is 9.47 Å². The van der Waals surface area contributed by atoms with E-state index in [2.05, 4.69) is 10.9 Å². The second-order valence-corrected chi connectivity index (χ2v) is 5.60. The highest BCUT2D eigenvalue weighted by molar-refractivity contribution is 5.83. The quantitative estimate of drug-likeness (QED) is 0.712. The van der Waals surface area contributed by atoms with Crippen molar-refractivity contribution >= 4 is 11.8 Å². The van der Waals surface area contributed by atoms with Crippen LogP contribution >= 0.6 is 0 Å². The Morgan fingerprint density at radius 3 is 1.50 bits per heavy atom. The molecule has 0 aromatic heterocycles. The average molecular weight is 356 g/mol. The Bertz CT molecular complexity index is 683. The van der Waals surface area contributed by atoms with Crippen LogP contribution in [0.2, 0.25) is 0 Å². The van der Waals surface area contributed by atoms with Crippen LogP contribution in [0.1, 0.15) is 25.0 Å². The number of aryl methyl sites for hydroxylation is 2. The Kier molecular flexibility index (Phi) is 7.49. The fourth-order valence-corrected chi connectivity index (χ4v) is 2.37. The normalized spacial score (nSPS) is 10.1. The fraction of sp³-hybridized carbons (Fsp3) is 0.300. The zero-order chi connectivity index (χ0) is 18.8. The first kappa shape index (κ1) is 19.3. The molecule has 0 spiro atoms. The van der Waals surface area contributed by atoms with E-state index in [-0.39, 0.29) is 13.2 Å². The number of rotatable bonds is 8. The van der Waals surface area contributed by atoms with Crippen LogP contribution in [0.3, 0.4) is 0 Å². The maximum absolute atomic E-state index is 11.8. The summed E-state index contributed by atoms with van der Waals surface area (Å²) in [5.74, 6) is 0.434. The number of carbonyl (C=O) groups excluding carboxylic acids is 2. The van der Waals surface area contributed by atoms with E-state index in [9.17, 15) is 9.59 Å². The maximum Gasteiger partial charge on any atom is 0.276 e. The van der Waals surface area contributed by atoms with Crippen molar-refractivity contribution in [2.75, 3.05) is 13.2 Å². The van der Waals surface area contributed by atoms with E-state index in [1.54, 1.807) is 0 Å². The van der Waals surface area contributed by atoms with Crippen molar-refractivity contribution in [1.29, 1.82) is 0 Å². The van der Waals surface area contributed by atoms with Gasteiger partial charge in [-0.2, -0.15) is 0 Å². The van der Waals surface area contributed by atoms with Crippen molar-refractivity contribution < 1.29 is 19.1 Å². The third kappa shape index (κ3) is 5.81. The molecule has 0 saturated carbocycles. The zero-order valence-electron chi connectivity index (χ0n) is 15.1. The molecule has 0 unspecified atom stereocenters. The van der Waals surface area contributed by atoms with Gasteiger partial charge in [0.1, 0.15) is 11.5 Å². The van der Waals surface area contributed by atoms with Gasteiger partial charge in [0, 0.05) is 0 Å². The largest absolute Gasteiger partial charge is 0.483 e. The van der Waals surface area contributed by atoms with Gasteiger partial charge in [0.2, 0.25) is 0 Å². The van der Waals surface area contributed by atoms with E-state index >= 15 is 0 Å². The van der Waals surface area contributed by atoms with Gasteiger partial charge in [0.05, 0.1) is 0 Å². The van der Waals surface area contributed by atoms with Crippen LogP contribution in [-0.4, -0.2) is 25.0 Å². The number of carbonyl (C=O) groups is 2. The molecule has 0 aliphatic heterocycles. The van der Waals surface area contributed by atoms with E-state index < -0.39 is 11.8 Å². The first-order chi connectivity index (χ1) is 12.6. The predicted octanol–water partition coefficient (Wildman–Crippen LogP) is 2.42. The predicted molar refractivity (Wildman–Crippen MR) is 98.9 cm³/mol. The van der Waals surface area contributed by atoms with E-state index in [1.807, 2.05) is 62.4 Å². The van der Waals surface area contributed by atoms with Crippen LogP contribution in [0.4, 0.5) is 0 Å². The molecular formula is C20H24N2O4. The highest BCUT2D eigenvalue weighted by atomic mass is 16.5. The molecule has 138 valence electrons. The Morgan fingerprint density at radius 1 is 0.731 bits per heavy atom. The van der Waals surface area contributed by atoms with Crippen LogP contribution in [0.5, 0.6) is 11.5 Å². The molecule has 0 aliphatic carbocycles. The van der Waals surface area contributed by atoms with Gasteiger partial charge in [0.15, 0.2) is 13.2 Å². The summed E-state index contributed by atoms with van der Waals surface area (Å²) in [5, 5.41) is 0. The smallest absolute Gasteiger partial charge is 0.276 e. The molecule has 2 rings (SSSR count). The minimum atomic E-state index is -0.446. The number of para-hydroxylation sites is 2. The molecule has 0 bridgehead atoms. The lowest BCUT2D eigenvalue weighted by molar-refractivity contribution is -0.131. The monoisotopic (exact) mass is 356 g/mol. The molecule has 6 heteroatoms. The molecule has 2 N–H and O–H groups in total. The van der Waals surface area contributed by atoms with Gasteiger partial charge in [-0.3, -0.25) is 20.4 Å². The van der Waals surface area contributed by atoms with Gasteiger partial charge in [-0.05, 0) is 36.1 Å². The van der Waals surface area contributed by atoms with Gasteiger partial charge in [-0.25, -0.2) is 0 Å². The van der Waals surface area contributed by atoms with Gasteiger partial charge < -0.3 is 9.47 Å². The molecule has 0 radical (unpaired) electrons. The summed E-state index contributed by atoms with van der Waals surface area (Å²) in [4.78, 5) is 23.6. The van der Waals surface area contributed by atoms with E-state index in [1.165, 1.54) is 0 Å². The summed E-state index contributed by atoms with van der Waals surface area (Å²) in [7, 11) is 0. The van der Waals surface area contributed by atoms with Gasteiger partial charge in [0.25, 0.3) is 11.8 Å². The molecule has 0 fully saturated rings. The van der Waals surface area contributed by atoms with Gasteiger partial charge in [-0.15, -0.1) is 0 Å². The highest BCUT2D eigenvalue weighted by Gasteiger charge is 2.09. The zero-order valence-corrected chi connectivity index (χ0v) is 15.1. The first-order valence-electron chi connectivity index (χ1n) is 8.63. The average Bonchev–Trinajstić information content (AvgIpc) is 2.69. The number of hydrogen-bond acceptors (Lipinski definition) is 4. The van der Waals surface area contributed by atoms with Crippen LogP contribution in [-0.2, 0) is 22.4 Å². The molecule has 2 amide bonds. The summed E-state index contributed by atoms with van der Waals surface area (Å²) in [5.41, 5.74) is 6.66. The summed E-state index contributed by atoms with van der Waals surface area (Å²) in [6.07, 6.45) is 1.62. The minimum Gasteiger partial charge on any atom is -0.483 e. The van der Waals surface area contributed by atoms with Crippen molar-refractivity contribution in [3.8, 4) is 11.5 Å². The molecule has 0 aliphatic rings. The maximum atomic E-state index is 11.8. The SMILES string of the molecule is CCc1ccccc1OCC(=O)NNC(=O)COc1ccccc1CC. The standard InChI is InChI=1S/C20H24N2O4/c1-3-15-9-5-7-11-17(15)25-13-19(23)21-22-20(24)14-26-18-12-8-6-10-16(18)4-2/h5-12H,3-4,13-14H2,1-2H3,(H,21,23)(H,22,24). The van der Waals surface area contributed by atoms with Crippen molar-refractivity contribution in [1.82, 2.24) is 10.9 Å². The second-order valence-electron chi connectivity index (χ2n) is 5.60. The van der Waals surface area contributed by atoms with Crippen molar-refractivity contribution in [2.24, 2.45) is 0 Å². The van der Waals surface area contributed by atoms with Crippen molar-refractivity contribution in [3.63, 3.8) is 0 Å². The molecule has 26 heavy (non-hydrogen) atoms. The molecule has 2 aromatic rings. The van der Waals surface area contributed by atoms with Crippen molar-refractivity contribution in [3.05, 3.63) is 59.7 Å².